The van der Waals surface area contributed by atoms with Crippen LogP contribution in [0.2, 0.25) is 0 Å². The van der Waals surface area contributed by atoms with Crippen molar-refractivity contribution in [1.29, 1.82) is 0 Å². The Hall–Kier alpha value is -3.15. The molecule has 0 unspecified atom stereocenters. The molecule has 0 radical (unpaired) electrons. The molecule has 6 heteroatoms. The van der Waals surface area contributed by atoms with Gasteiger partial charge in [-0.25, -0.2) is 4.79 Å². The van der Waals surface area contributed by atoms with Gasteiger partial charge in [0.25, 0.3) is 5.91 Å². The minimum absolute atomic E-state index is 0.204. The zero-order valence-electron chi connectivity index (χ0n) is 19.7. The molecule has 2 N–H and O–H groups in total. The van der Waals surface area contributed by atoms with E-state index in [1.165, 1.54) is 0 Å². The van der Waals surface area contributed by atoms with Gasteiger partial charge >= 0.3 is 5.97 Å². The standard InChI is InChI=1S/C25H32N2O4/c1-13-9-14(2)24(15(3)10-13)27-21(28)11-26-22(29)12-31-25(30)23-19(7)17(5)16(4)18(6)20(23)8/h9-10H,11-12H2,1-8H3,(H,26,29)(H,27,28). The van der Waals surface area contributed by atoms with Crippen LogP contribution in [0.4, 0.5) is 5.69 Å². The molecule has 0 aliphatic heterocycles. The van der Waals surface area contributed by atoms with Crippen LogP contribution in [0.3, 0.4) is 0 Å². The van der Waals surface area contributed by atoms with E-state index >= 15 is 0 Å². The van der Waals surface area contributed by atoms with Crippen molar-refractivity contribution in [1.82, 2.24) is 5.32 Å². The van der Waals surface area contributed by atoms with Crippen LogP contribution in [0.25, 0.3) is 0 Å². The maximum atomic E-state index is 12.6. The Labute approximate surface area is 184 Å². The normalized spacial score (nSPS) is 10.6. The van der Waals surface area contributed by atoms with E-state index in [4.69, 9.17) is 4.74 Å². The second-order valence-electron chi connectivity index (χ2n) is 8.17. The van der Waals surface area contributed by atoms with Gasteiger partial charge in [-0.15, -0.1) is 0 Å². The first-order chi connectivity index (χ1) is 14.4. The first-order valence-electron chi connectivity index (χ1n) is 10.3. The van der Waals surface area contributed by atoms with Gasteiger partial charge in [0, 0.05) is 5.69 Å². The molecule has 0 saturated heterocycles. The van der Waals surface area contributed by atoms with Crippen molar-refractivity contribution in [3.05, 3.63) is 62.2 Å². The number of hydrogen-bond donors (Lipinski definition) is 2. The number of carbonyl (C=O) groups excluding carboxylic acids is 3. The van der Waals surface area contributed by atoms with Gasteiger partial charge in [0.05, 0.1) is 12.1 Å². The Morgan fingerprint density at radius 2 is 1.23 bits per heavy atom. The molecule has 0 saturated carbocycles. The number of nitrogens with one attached hydrogen (secondary N) is 2. The molecule has 6 nitrogen and oxygen atoms in total. The molecule has 166 valence electrons. The average molecular weight is 425 g/mol. The van der Waals surface area contributed by atoms with E-state index in [0.29, 0.717) is 5.56 Å². The molecule has 0 aliphatic carbocycles. The van der Waals surface area contributed by atoms with Crippen LogP contribution < -0.4 is 10.6 Å². The molecule has 2 amide bonds. The molecule has 2 rings (SSSR count). The van der Waals surface area contributed by atoms with Crippen LogP contribution in [0, 0.1) is 55.4 Å². The minimum Gasteiger partial charge on any atom is -0.452 e. The van der Waals surface area contributed by atoms with Gasteiger partial charge in [-0.1, -0.05) is 17.7 Å². The molecular formula is C25H32N2O4. The fourth-order valence-corrected chi connectivity index (χ4v) is 3.80. The predicted molar refractivity (Wildman–Crippen MR) is 123 cm³/mol. The summed E-state index contributed by atoms with van der Waals surface area (Å²) in [6.07, 6.45) is 0. The number of rotatable bonds is 6. The van der Waals surface area contributed by atoms with Gasteiger partial charge in [0.1, 0.15) is 0 Å². The fraction of sp³-hybridized carbons (Fsp3) is 0.400. The second kappa shape index (κ2) is 9.77. The van der Waals surface area contributed by atoms with Crippen molar-refractivity contribution in [2.75, 3.05) is 18.5 Å². The summed E-state index contributed by atoms with van der Waals surface area (Å²) in [4.78, 5) is 36.9. The fourth-order valence-electron chi connectivity index (χ4n) is 3.80. The Bertz CT molecular complexity index is 1000. The van der Waals surface area contributed by atoms with Gasteiger partial charge in [-0.05, 0) is 94.3 Å². The second-order valence-corrected chi connectivity index (χ2v) is 8.17. The van der Waals surface area contributed by atoms with E-state index < -0.39 is 18.5 Å². The van der Waals surface area contributed by atoms with Crippen molar-refractivity contribution in [3.8, 4) is 0 Å². The molecule has 31 heavy (non-hydrogen) atoms. The molecule has 0 atom stereocenters. The number of carbonyl (C=O) groups is 3. The van der Waals surface area contributed by atoms with E-state index in [0.717, 1.165) is 50.2 Å². The Morgan fingerprint density at radius 1 is 0.742 bits per heavy atom. The van der Waals surface area contributed by atoms with Crippen molar-refractivity contribution < 1.29 is 19.1 Å². The number of benzene rings is 2. The van der Waals surface area contributed by atoms with Gasteiger partial charge in [0.2, 0.25) is 5.91 Å². The lowest BCUT2D eigenvalue weighted by Gasteiger charge is -2.17. The topological polar surface area (TPSA) is 84.5 Å². The number of hydrogen-bond acceptors (Lipinski definition) is 4. The van der Waals surface area contributed by atoms with E-state index in [1.807, 2.05) is 67.5 Å². The maximum absolute atomic E-state index is 12.6. The van der Waals surface area contributed by atoms with Crippen molar-refractivity contribution >= 4 is 23.5 Å². The number of aryl methyl sites for hydroxylation is 3. The monoisotopic (exact) mass is 424 g/mol. The zero-order chi connectivity index (χ0) is 23.5. The summed E-state index contributed by atoms with van der Waals surface area (Å²) < 4.78 is 5.22. The number of amides is 2. The lowest BCUT2D eigenvalue weighted by Crippen LogP contribution is -2.36. The summed E-state index contributed by atoms with van der Waals surface area (Å²) in [5, 5.41) is 5.32. The van der Waals surface area contributed by atoms with Gasteiger partial charge in [-0.2, -0.15) is 0 Å². The third kappa shape index (κ3) is 5.51. The summed E-state index contributed by atoms with van der Waals surface area (Å²) in [5.74, 6) is -1.41. The number of ether oxygens (including phenoxy) is 1. The molecule has 2 aromatic rings. The molecule has 0 aliphatic rings. The lowest BCUT2D eigenvalue weighted by atomic mass is 9.90. The van der Waals surface area contributed by atoms with Crippen LogP contribution in [0.5, 0.6) is 0 Å². The molecule has 0 heterocycles. The third-order valence-electron chi connectivity index (χ3n) is 5.93. The van der Waals surface area contributed by atoms with E-state index in [-0.39, 0.29) is 12.5 Å². The lowest BCUT2D eigenvalue weighted by molar-refractivity contribution is -0.126. The predicted octanol–water partition coefficient (Wildman–Crippen LogP) is 4.07. The highest BCUT2D eigenvalue weighted by atomic mass is 16.5. The summed E-state index contributed by atoms with van der Waals surface area (Å²) in [6, 6.07) is 3.97. The minimum atomic E-state index is -0.535. The van der Waals surface area contributed by atoms with Crippen LogP contribution in [-0.4, -0.2) is 30.9 Å². The van der Waals surface area contributed by atoms with Gasteiger partial charge in [-0.3, -0.25) is 9.59 Å². The molecule has 0 bridgehead atoms. The summed E-state index contributed by atoms with van der Waals surface area (Å²) in [7, 11) is 0. The average Bonchev–Trinajstić information content (AvgIpc) is 2.70. The van der Waals surface area contributed by atoms with Crippen molar-refractivity contribution in [2.24, 2.45) is 0 Å². The van der Waals surface area contributed by atoms with E-state index in [1.54, 1.807) is 0 Å². The van der Waals surface area contributed by atoms with E-state index in [2.05, 4.69) is 10.6 Å². The highest BCUT2D eigenvalue weighted by molar-refractivity contribution is 5.97. The van der Waals surface area contributed by atoms with Crippen LogP contribution in [-0.2, 0) is 14.3 Å². The summed E-state index contributed by atoms with van der Waals surface area (Å²) in [5.41, 5.74) is 9.21. The number of esters is 1. The molecule has 0 spiro atoms. The van der Waals surface area contributed by atoms with Gasteiger partial charge < -0.3 is 15.4 Å². The van der Waals surface area contributed by atoms with E-state index in [9.17, 15) is 14.4 Å². The highest BCUT2D eigenvalue weighted by Gasteiger charge is 2.20. The summed E-state index contributed by atoms with van der Waals surface area (Å²) in [6.45, 7) is 14.9. The Balaban J connectivity index is 1.93. The molecule has 2 aromatic carbocycles. The van der Waals surface area contributed by atoms with Crippen LogP contribution in [0.15, 0.2) is 12.1 Å². The first-order valence-corrected chi connectivity index (χ1v) is 10.3. The van der Waals surface area contributed by atoms with Gasteiger partial charge in [0.15, 0.2) is 6.61 Å². The molecule has 0 aromatic heterocycles. The van der Waals surface area contributed by atoms with Crippen molar-refractivity contribution in [3.63, 3.8) is 0 Å². The Kier molecular flexibility index (Phi) is 7.60. The maximum Gasteiger partial charge on any atom is 0.339 e. The van der Waals surface area contributed by atoms with Crippen LogP contribution in [0.1, 0.15) is 54.9 Å². The largest absolute Gasteiger partial charge is 0.452 e. The first kappa shape index (κ1) is 24.1. The smallest absolute Gasteiger partial charge is 0.339 e. The molecular weight excluding hydrogens is 392 g/mol. The highest BCUT2D eigenvalue weighted by Crippen LogP contribution is 2.26. The quantitative estimate of drug-likeness (QED) is 0.685. The van der Waals surface area contributed by atoms with Crippen molar-refractivity contribution in [2.45, 2.75) is 55.4 Å². The SMILES string of the molecule is Cc1cc(C)c(NC(=O)CNC(=O)COC(=O)c2c(C)c(C)c(C)c(C)c2C)c(C)c1. The van der Waals surface area contributed by atoms with Crippen LogP contribution >= 0.6 is 0 Å². The Morgan fingerprint density at radius 3 is 1.74 bits per heavy atom. The molecule has 0 fully saturated rings. The summed E-state index contributed by atoms with van der Waals surface area (Å²) >= 11 is 0. The number of anilines is 1. The third-order valence-corrected chi connectivity index (χ3v) is 5.93. The zero-order valence-corrected chi connectivity index (χ0v) is 19.7.